The molecule has 1 N–H and O–H groups in total. The van der Waals surface area contributed by atoms with Crippen LogP contribution >= 0.6 is 11.3 Å². The first-order chi connectivity index (χ1) is 9.40. The third kappa shape index (κ3) is 2.26. The largest absolute Gasteiger partial charge is 0.492 e. The number of thiazole rings is 1. The Bertz CT molecular complexity index is 591. The first kappa shape index (κ1) is 11.4. The zero-order chi connectivity index (χ0) is 12.7. The predicted octanol–water partition coefficient (Wildman–Crippen LogP) is 2.92. The lowest BCUT2D eigenvalue weighted by atomic mass is 10.0. The number of para-hydroxylation sites is 1. The van der Waals surface area contributed by atoms with Crippen molar-refractivity contribution in [2.24, 2.45) is 0 Å². The van der Waals surface area contributed by atoms with Crippen molar-refractivity contribution >= 4 is 11.3 Å². The van der Waals surface area contributed by atoms with Crippen LogP contribution in [0.25, 0.3) is 0 Å². The SMILES string of the molecule is c1ccc2c(c1)OCC2c1nc(CNC2CC2)cs1. The van der Waals surface area contributed by atoms with Gasteiger partial charge in [0, 0.05) is 23.5 Å². The molecular formula is C15H16N2OS. The average Bonchev–Trinajstić information content (AvgIpc) is 3.00. The van der Waals surface area contributed by atoms with Crippen molar-refractivity contribution in [2.45, 2.75) is 31.3 Å². The van der Waals surface area contributed by atoms with Crippen LogP contribution in [-0.4, -0.2) is 17.6 Å². The molecule has 2 aliphatic rings. The number of ether oxygens (including phenoxy) is 1. The molecule has 0 spiro atoms. The Morgan fingerprint density at radius 1 is 1.32 bits per heavy atom. The maximum Gasteiger partial charge on any atom is 0.123 e. The van der Waals surface area contributed by atoms with Crippen molar-refractivity contribution in [3.8, 4) is 5.75 Å². The highest BCUT2D eigenvalue weighted by Gasteiger charge is 2.28. The summed E-state index contributed by atoms with van der Waals surface area (Å²) in [6.07, 6.45) is 2.64. The lowest BCUT2D eigenvalue weighted by Gasteiger charge is -2.04. The Morgan fingerprint density at radius 3 is 3.11 bits per heavy atom. The van der Waals surface area contributed by atoms with E-state index < -0.39 is 0 Å². The van der Waals surface area contributed by atoms with Crippen molar-refractivity contribution in [2.75, 3.05) is 6.61 Å². The summed E-state index contributed by atoms with van der Waals surface area (Å²) in [5.74, 6) is 1.33. The van der Waals surface area contributed by atoms with Crippen LogP contribution in [0.2, 0.25) is 0 Å². The highest BCUT2D eigenvalue weighted by Crippen LogP contribution is 2.38. The fourth-order valence-electron chi connectivity index (χ4n) is 2.47. The number of rotatable bonds is 4. The van der Waals surface area contributed by atoms with Gasteiger partial charge in [-0.3, -0.25) is 0 Å². The van der Waals surface area contributed by atoms with Crippen LogP contribution in [0, 0.1) is 0 Å². The van der Waals surface area contributed by atoms with E-state index in [0.717, 1.165) is 30.6 Å². The van der Waals surface area contributed by atoms with Crippen LogP contribution in [0.4, 0.5) is 0 Å². The molecule has 1 aliphatic carbocycles. The van der Waals surface area contributed by atoms with Crippen molar-refractivity contribution < 1.29 is 4.74 Å². The lowest BCUT2D eigenvalue weighted by molar-refractivity contribution is 0.343. The average molecular weight is 272 g/mol. The van der Waals surface area contributed by atoms with Crippen molar-refractivity contribution in [1.29, 1.82) is 0 Å². The molecule has 0 saturated heterocycles. The van der Waals surface area contributed by atoms with Crippen LogP contribution < -0.4 is 10.1 Å². The zero-order valence-corrected chi connectivity index (χ0v) is 11.5. The van der Waals surface area contributed by atoms with Crippen molar-refractivity contribution in [3.63, 3.8) is 0 Å². The number of benzene rings is 1. The summed E-state index contributed by atoms with van der Waals surface area (Å²) in [6, 6.07) is 9.02. The molecule has 3 nitrogen and oxygen atoms in total. The topological polar surface area (TPSA) is 34.1 Å². The van der Waals surface area contributed by atoms with E-state index in [9.17, 15) is 0 Å². The standard InChI is InChI=1S/C15H16N2OS/c1-2-4-14-12(3-1)13(8-18-14)15-17-11(9-19-15)7-16-10-5-6-10/h1-4,9-10,13,16H,5-8H2. The van der Waals surface area contributed by atoms with E-state index in [0.29, 0.717) is 5.92 Å². The van der Waals surface area contributed by atoms with E-state index in [1.807, 2.05) is 12.1 Å². The van der Waals surface area contributed by atoms with Gasteiger partial charge in [0.25, 0.3) is 0 Å². The summed E-state index contributed by atoms with van der Waals surface area (Å²) in [5, 5.41) is 6.86. The van der Waals surface area contributed by atoms with Gasteiger partial charge in [-0.1, -0.05) is 18.2 Å². The maximum absolute atomic E-state index is 5.73. The summed E-state index contributed by atoms with van der Waals surface area (Å²) in [6.45, 7) is 1.62. The van der Waals surface area contributed by atoms with E-state index in [1.54, 1.807) is 11.3 Å². The highest BCUT2D eigenvalue weighted by atomic mass is 32.1. The molecular weight excluding hydrogens is 256 g/mol. The number of hydrogen-bond acceptors (Lipinski definition) is 4. The summed E-state index contributed by atoms with van der Waals surface area (Å²) < 4.78 is 5.73. The Morgan fingerprint density at radius 2 is 2.21 bits per heavy atom. The van der Waals surface area contributed by atoms with E-state index in [4.69, 9.17) is 9.72 Å². The number of aromatic nitrogens is 1. The molecule has 0 amide bonds. The maximum atomic E-state index is 5.73. The van der Waals surface area contributed by atoms with Gasteiger partial charge in [0.2, 0.25) is 0 Å². The first-order valence-electron chi connectivity index (χ1n) is 6.79. The van der Waals surface area contributed by atoms with Gasteiger partial charge in [-0.25, -0.2) is 4.98 Å². The van der Waals surface area contributed by atoms with Gasteiger partial charge < -0.3 is 10.1 Å². The van der Waals surface area contributed by atoms with Crippen molar-refractivity contribution in [3.05, 3.63) is 45.9 Å². The molecule has 1 unspecified atom stereocenters. The molecule has 1 fully saturated rings. The Labute approximate surface area is 116 Å². The normalized spacial score (nSPS) is 21.2. The smallest absolute Gasteiger partial charge is 0.123 e. The fraction of sp³-hybridized carbons (Fsp3) is 0.400. The summed E-state index contributed by atoms with van der Waals surface area (Å²) in [5.41, 5.74) is 2.44. The summed E-state index contributed by atoms with van der Waals surface area (Å²) in [7, 11) is 0. The Balaban J connectivity index is 1.53. The quantitative estimate of drug-likeness (QED) is 0.929. The molecule has 2 aromatic rings. The van der Waals surface area contributed by atoms with Crippen LogP contribution in [0.5, 0.6) is 5.75 Å². The van der Waals surface area contributed by atoms with Crippen LogP contribution in [-0.2, 0) is 6.54 Å². The zero-order valence-electron chi connectivity index (χ0n) is 10.6. The Hall–Kier alpha value is -1.39. The number of nitrogens with zero attached hydrogens (tertiary/aromatic N) is 1. The van der Waals surface area contributed by atoms with Gasteiger partial charge in [0.15, 0.2) is 0 Å². The molecule has 0 radical (unpaired) electrons. The molecule has 4 heteroatoms. The van der Waals surface area contributed by atoms with Gasteiger partial charge in [-0.05, 0) is 18.9 Å². The van der Waals surface area contributed by atoms with Gasteiger partial charge in [0.1, 0.15) is 17.4 Å². The van der Waals surface area contributed by atoms with Crippen LogP contribution in [0.1, 0.15) is 35.0 Å². The van der Waals surface area contributed by atoms with E-state index in [-0.39, 0.29) is 0 Å². The Kier molecular flexibility index (Phi) is 2.78. The molecule has 1 saturated carbocycles. The summed E-state index contributed by atoms with van der Waals surface area (Å²) in [4.78, 5) is 4.77. The lowest BCUT2D eigenvalue weighted by Crippen LogP contribution is -2.15. The molecule has 4 rings (SSSR count). The molecule has 1 aromatic carbocycles. The highest BCUT2D eigenvalue weighted by molar-refractivity contribution is 7.09. The number of hydrogen-bond donors (Lipinski definition) is 1. The van der Waals surface area contributed by atoms with Gasteiger partial charge in [-0.15, -0.1) is 11.3 Å². The molecule has 1 aromatic heterocycles. The molecule has 19 heavy (non-hydrogen) atoms. The van der Waals surface area contributed by atoms with Gasteiger partial charge in [-0.2, -0.15) is 0 Å². The van der Waals surface area contributed by atoms with Gasteiger partial charge >= 0.3 is 0 Å². The van der Waals surface area contributed by atoms with Gasteiger partial charge in [0.05, 0.1) is 11.6 Å². The fourth-order valence-corrected chi connectivity index (χ4v) is 3.39. The molecule has 1 atom stereocenters. The first-order valence-corrected chi connectivity index (χ1v) is 7.67. The molecule has 98 valence electrons. The second-order valence-electron chi connectivity index (χ2n) is 5.23. The van der Waals surface area contributed by atoms with E-state index in [2.05, 4.69) is 22.8 Å². The third-order valence-electron chi connectivity index (χ3n) is 3.72. The van der Waals surface area contributed by atoms with E-state index >= 15 is 0 Å². The minimum Gasteiger partial charge on any atom is -0.492 e. The second kappa shape index (κ2) is 4.62. The van der Waals surface area contributed by atoms with E-state index in [1.165, 1.54) is 23.4 Å². The predicted molar refractivity (Wildman–Crippen MR) is 75.8 cm³/mol. The van der Waals surface area contributed by atoms with Crippen LogP contribution in [0.15, 0.2) is 29.6 Å². The minimum atomic E-state index is 0.316. The van der Waals surface area contributed by atoms with Crippen molar-refractivity contribution in [1.82, 2.24) is 10.3 Å². The number of fused-ring (bicyclic) bond motifs is 1. The molecule has 0 bridgehead atoms. The monoisotopic (exact) mass is 272 g/mol. The molecule has 1 aliphatic heterocycles. The summed E-state index contributed by atoms with van der Waals surface area (Å²) >= 11 is 1.75. The van der Waals surface area contributed by atoms with Crippen LogP contribution in [0.3, 0.4) is 0 Å². The third-order valence-corrected chi connectivity index (χ3v) is 4.72. The number of nitrogens with one attached hydrogen (secondary N) is 1. The molecule has 2 heterocycles. The second-order valence-corrected chi connectivity index (χ2v) is 6.12. The minimum absolute atomic E-state index is 0.316.